The van der Waals surface area contributed by atoms with Gasteiger partial charge in [-0.3, -0.25) is 38.8 Å². The Morgan fingerprint density at radius 3 is 1.81 bits per heavy atom. The number of pyridine rings is 2. The van der Waals surface area contributed by atoms with E-state index in [4.69, 9.17) is 11.6 Å². The fourth-order valence-electron chi connectivity index (χ4n) is 9.35. The Kier molecular flexibility index (Phi) is 13.8. The summed E-state index contributed by atoms with van der Waals surface area (Å²) in [6, 6.07) is 43.6. The number of halogens is 1. The van der Waals surface area contributed by atoms with Gasteiger partial charge in [-0.2, -0.15) is 0 Å². The third kappa shape index (κ3) is 10.5. The van der Waals surface area contributed by atoms with E-state index in [-0.39, 0.29) is 32.3 Å². The van der Waals surface area contributed by atoms with Crippen molar-refractivity contribution in [1.29, 1.82) is 0 Å². The number of carbonyl (C=O) groups excluding carboxylic acids is 2. The molecule has 0 aliphatic carbocycles. The number of nitrogens with zero attached hydrogens (tertiary/aromatic N) is 6. The molecule has 72 heavy (non-hydrogen) atoms. The molecule has 0 unspecified atom stereocenters. The molecular formula is C55H51ClN8O6S2. The van der Waals surface area contributed by atoms with Gasteiger partial charge in [-0.15, -0.1) is 0 Å². The fraction of sp³-hybridized carbons (Fsp3) is 0.200. The molecule has 366 valence electrons. The van der Waals surface area contributed by atoms with Crippen molar-refractivity contribution in [2.24, 2.45) is 0 Å². The van der Waals surface area contributed by atoms with Crippen molar-refractivity contribution in [2.75, 3.05) is 61.8 Å². The number of hydrogen-bond donors (Lipinski definition) is 2. The van der Waals surface area contributed by atoms with Gasteiger partial charge < -0.3 is 9.80 Å². The first kappa shape index (κ1) is 48.4. The normalized spacial score (nSPS) is 14.9. The number of aromatic nitrogens is 2. The molecule has 8 aromatic rings. The Morgan fingerprint density at radius 1 is 0.556 bits per heavy atom. The zero-order chi connectivity index (χ0) is 50.0. The number of fused-ring (bicyclic) bond motifs is 2. The molecule has 6 aromatic carbocycles. The van der Waals surface area contributed by atoms with Gasteiger partial charge in [0.1, 0.15) is 9.79 Å². The summed E-state index contributed by atoms with van der Waals surface area (Å²) in [7, 11) is -8.05. The van der Waals surface area contributed by atoms with Crippen molar-refractivity contribution in [3.05, 3.63) is 191 Å². The van der Waals surface area contributed by atoms with Crippen molar-refractivity contribution in [2.45, 2.75) is 29.8 Å². The number of aryl methyl sites for hydroxylation is 1. The summed E-state index contributed by atoms with van der Waals surface area (Å²) in [4.78, 5) is 44.3. The summed E-state index contributed by atoms with van der Waals surface area (Å²) in [5, 5.41) is 1.51. The highest BCUT2D eigenvalue weighted by Gasteiger charge is 2.27. The largest absolute Gasteiger partial charge is 0.336 e. The van der Waals surface area contributed by atoms with E-state index in [1.54, 1.807) is 84.9 Å². The molecule has 2 aromatic heterocycles. The van der Waals surface area contributed by atoms with Crippen LogP contribution in [-0.4, -0.2) is 111 Å². The quantitative estimate of drug-likeness (QED) is 0.114. The van der Waals surface area contributed by atoms with Gasteiger partial charge in [0.25, 0.3) is 31.9 Å². The predicted octanol–water partition coefficient (Wildman–Crippen LogP) is 8.93. The average molecular weight is 1020 g/mol. The molecule has 0 radical (unpaired) electrons. The first-order chi connectivity index (χ1) is 34.8. The Labute approximate surface area is 424 Å². The van der Waals surface area contributed by atoms with Gasteiger partial charge in [-0.25, -0.2) is 16.8 Å². The van der Waals surface area contributed by atoms with Gasteiger partial charge in [0.2, 0.25) is 0 Å². The van der Waals surface area contributed by atoms with E-state index in [0.717, 1.165) is 36.3 Å². The lowest BCUT2D eigenvalue weighted by Gasteiger charge is -2.35. The maximum absolute atomic E-state index is 13.9. The minimum absolute atomic E-state index is 0.0408. The van der Waals surface area contributed by atoms with Crippen molar-refractivity contribution in [3.8, 4) is 11.1 Å². The van der Waals surface area contributed by atoms with E-state index in [1.165, 1.54) is 23.8 Å². The Balaban J connectivity index is 0.725. The molecule has 4 heterocycles. The number of anilines is 2. The molecule has 0 saturated carbocycles. The van der Waals surface area contributed by atoms with E-state index < -0.39 is 20.0 Å². The number of carbonyl (C=O) groups is 2. The summed E-state index contributed by atoms with van der Waals surface area (Å²) in [5.74, 6) is -0.298. The maximum Gasteiger partial charge on any atom is 0.264 e. The Hall–Kier alpha value is -7.21. The molecule has 2 aliphatic rings. The molecule has 2 N–H and O–H groups in total. The van der Waals surface area contributed by atoms with Gasteiger partial charge in [-0.05, 0) is 89.8 Å². The number of hydrogen-bond acceptors (Lipinski definition) is 10. The Bertz CT molecular complexity index is 3560. The topological polar surface area (TPSA) is 165 Å². The molecule has 17 heteroatoms. The van der Waals surface area contributed by atoms with Gasteiger partial charge in [0.05, 0.1) is 33.0 Å². The highest BCUT2D eigenvalue weighted by Crippen LogP contribution is 2.31. The van der Waals surface area contributed by atoms with E-state index >= 15 is 0 Å². The van der Waals surface area contributed by atoms with E-state index in [0.29, 0.717) is 90.0 Å². The van der Waals surface area contributed by atoms with Gasteiger partial charge in [0.15, 0.2) is 0 Å². The summed E-state index contributed by atoms with van der Waals surface area (Å²) >= 11 is 6.59. The number of amides is 2. The molecular weight excluding hydrogens is 968 g/mol. The zero-order valence-corrected chi connectivity index (χ0v) is 41.8. The SMILES string of the molecule is Cc1cc(C(=O)N2CCN(Cc3ccccc3)CC2)ccc1NS(=O)(=O)c1cccc2cc(-c3ccc(CN4CCN(C(=O)c5ccc(NS(=O)(=O)c6cccc7cccnc67)cc5Cl)CC4)cc3)cnc12. The highest BCUT2D eigenvalue weighted by molar-refractivity contribution is 7.93. The lowest BCUT2D eigenvalue weighted by atomic mass is 10.0. The van der Waals surface area contributed by atoms with Crippen LogP contribution >= 0.6 is 11.6 Å². The molecule has 0 spiro atoms. The van der Waals surface area contributed by atoms with Crippen LogP contribution in [-0.2, 0) is 33.1 Å². The van der Waals surface area contributed by atoms with Crippen LogP contribution in [0.25, 0.3) is 32.9 Å². The number of piperazine rings is 2. The fourth-order valence-corrected chi connectivity index (χ4v) is 12.1. The van der Waals surface area contributed by atoms with Crippen LogP contribution in [0.3, 0.4) is 0 Å². The van der Waals surface area contributed by atoms with Crippen molar-refractivity contribution in [1.82, 2.24) is 29.6 Å². The monoisotopic (exact) mass is 1020 g/mol. The number of sulfonamides is 2. The van der Waals surface area contributed by atoms with Crippen LogP contribution in [0.2, 0.25) is 5.02 Å². The standard InChI is InChI=1S/C55H51ClN8O6S2/c1-38-32-44(54(65)63-28-24-61(25-29-63)36-39-8-3-2-4-9-39)19-22-49(38)60-72(69,70)51-14-6-11-43-33-45(35-58-53(43)51)41-17-15-40(16-18-41)37-62-26-30-64(31-27-62)55(66)47-21-20-46(34-48(47)56)59-71(67,68)50-13-5-10-42-12-7-23-57-52(42)50/h2-23,32-35,59-60H,24-31,36-37H2,1H3. The molecule has 10 rings (SSSR count). The van der Waals surface area contributed by atoms with Gasteiger partial charge in [-0.1, -0.05) is 96.5 Å². The van der Waals surface area contributed by atoms with Crippen LogP contribution in [0, 0.1) is 6.92 Å². The number of nitrogens with one attached hydrogen (secondary N) is 2. The van der Waals surface area contributed by atoms with E-state index in [9.17, 15) is 26.4 Å². The summed E-state index contributed by atoms with van der Waals surface area (Å²) in [5.41, 5.74) is 6.86. The summed E-state index contributed by atoms with van der Waals surface area (Å²) in [6.45, 7) is 8.39. The number of benzene rings is 6. The van der Waals surface area contributed by atoms with E-state index in [2.05, 4.69) is 53.5 Å². The molecule has 14 nitrogen and oxygen atoms in total. The lowest BCUT2D eigenvalue weighted by Crippen LogP contribution is -2.48. The molecule has 2 amide bonds. The van der Waals surface area contributed by atoms with Crippen LogP contribution in [0.15, 0.2) is 168 Å². The van der Waals surface area contributed by atoms with Crippen LogP contribution in [0.5, 0.6) is 0 Å². The summed E-state index contributed by atoms with van der Waals surface area (Å²) in [6.07, 6.45) is 3.23. The third-order valence-electron chi connectivity index (χ3n) is 13.3. The van der Waals surface area contributed by atoms with Crippen molar-refractivity contribution < 1.29 is 26.4 Å². The zero-order valence-electron chi connectivity index (χ0n) is 39.4. The first-order valence-electron chi connectivity index (χ1n) is 23.6. The van der Waals surface area contributed by atoms with Gasteiger partial charge in [0, 0.05) is 99.7 Å². The van der Waals surface area contributed by atoms with Crippen LogP contribution in [0.4, 0.5) is 11.4 Å². The minimum atomic E-state index is -4.06. The molecule has 2 aliphatic heterocycles. The summed E-state index contributed by atoms with van der Waals surface area (Å²) < 4.78 is 59.8. The molecule has 2 saturated heterocycles. The number of rotatable bonds is 13. The molecule has 0 bridgehead atoms. The smallest absolute Gasteiger partial charge is 0.264 e. The van der Waals surface area contributed by atoms with Crippen LogP contribution < -0.4 is 9.44 Å². The highest BCUT2D eigenvalue weighted by atomic mass is 35.5. The maximum atomic E-state index is 13.9. The van der Waals surface area contributed by atoms with E-state index in [1.807, 2.05) is 47.4 Å². The minimum Gasteiger partial charge on any atom is -0.336 e. The molecule has 0 atom stereocenters. The van der Waals surface area contributed by atoms with Crippen molar-refractivity contribution in [3.63, 3.8) is 0 Å². The average Bonchev–Trinajstić information content (AvgIpc) is 3.39. The second-order valence-electron chi connectivity index (χ2n) is 18.1. The second kappa shape index (κ2) is 20.5. The number of para-hydroxylation sites is 2. The molecule has 2 fully saturated rings. The van der Waals surface area contributed by atoms with Crippen LogP contribution in [0.1, 0.15) is 37.4 Å². The van der Waals surface area contributed by atoms with Crippen molar-refractivity contribution >= 4 is 76.6 Å². The Morgan fingerprint density at radius 2 is 1.15 bits per heavy atom. The lowest BCUT2D eigenvalue weighted by molar-refractivity contribution is 0.0622. The predicted molar refractivity (Wildman–Crippen MR) is 282 cm³/mol. The third-order valence-corrected chi connectivity index (χ3v) is 16.4. The van der Waals surface area contributed by atoms with Gasteiger partial charge >= 0.3 is 0 Å². The first-order valence-corrected chi connectivity index (χ1v) is 27.0. The second-order valence-corrected chi connectivity index (χ2v) is 21.8.